The molecule has 1 N–H and O–H groups in total. The Morgan fingerprint density at radius 3 is 2.52 bits per heavy atom. The van der Waals surface area contributed by atoms with Gasteiger partial charge in [0.05, 0.1) is 5.56 Å². The van der Waals surface area contributed by atoms with E-state index >= 15 is 0 Å². The summed E-state index contributed by atoms with van der Waals surface area (Å²) in [5, 5.41) is 4.04. The highest BCUT2D eigenvalue weighted by atomic mass is 32.2. The number of sulfonamides is 1. The Morgan fingerprint density at radius 2 is 1.90 bits per heavy atom. The number of hydrogen-bond acceptors (Lipinski definition) is 5. The molecule has 29 heavy (non-hydrogen) atoms. The molecule has 0 atom stereocenters. The van der Waals surface area contributed by atoms with Crippen LogP contribution in [0.15, 0.2) is 33.7 Å². The van der Waals surface area contributed by atoms with Gasteiger partial charge in [0.15, 0.2) is 5.82 Å². The van der Waals surface area contributed by atoms with Crippen molar-refractivity contribution in [3.05, 3.63) is 52.9 Å². The monoisotopic (exact) mass is 418 g/mol. The van der Waals surface area contributed by atoms with Crippen molar-refractivity contribution in [1.82, 2.24) is 19.4 Å². The molecule has 7 nitrogen and oxygen atoms in total. The Bertz CT molecular complexity index is 1150. The fourth-order valence-electron chi connectivity index (χ4n) is 3.61. The normalized spacial score (nSPS) is 14.5. The lowest BCUT2D eigenvalue weighted by Crippen LogP contribution is -2.24. The lowest BCUT2D eigenvalue weighted by molar-refractivity contribution is 0.421. The van der Waals surface area contributed by atoms with Crippen molar-refractivity contribution in [2.24, 2.45) is 0 Å². The molecule has 154 valence electrons. The highest BCUT2D eigenvalue weighted by molar-refractivity contribution is 7.89. The van der Waals surface area contributed by atoms with Crippen LogP contribution in [0, 0.1) is 19.7 Å². The molecular weight excluding hydrogens is 395 g/mol. The molecule has 0 radical (unpaired) electrons. The first-order valence-corrected chi connectivity index (χ1v) is 11.1. The first kappa shape index (κ1) is 19.8. The van der Waals surface area contributed by atoms with Gasteiger partial charge in [-0.15, -0.1) is 0 Å². The van der Waals surface area contributed by atoms with Crippen molar-refractivity contribution in [2.45, 2.75) is 57.5 Å². The van der Waals surface area contributed by atoms with Crippen molar-refractivity contribution in [1.29, 1.82) is 0 Å². The Hall–Kier alpha value is -2.52. The predicted octanol–water partition coefficient (Wildman–Crippen LogP) is 3.67. The van der Waals surface area contributed by atoms with Gasteiger partial charge in [-0.3, -0.25) is 0 Å². The third kappa shape index (κ3) is 3.72. The fourth-order valence-corrected chi connectivity index (χ4v) is 5.11. The molecule has 0 bridgehead atoms. The summed E-state index contributed by atoms with van der Waals surface area (Å²) in [7, 11) is -3.88. The van der Waals surface area contributed by atoms with Crippen molar-refractivity contribution in [3.63, 3.8) is 0 Å². The summed E-state index contributed by atoms with van der Waals surface area (Å²) in [6.07, 6.45) is 2.05. The summed E-state index contributed by atoms with van der Waals surface area (Å²) >= 11 is 0. The van der Waals surface area contributed by atoms with Crippen LogP contribution >= 0.6 is 0 Å². The van der Waals surface area contributed by atoms with Crippen LogP contribution in [0.3, 0.4) is 0 Å². The Kier molecular flexibility index (Phi) is 5.04. The second-order valence-corrected chi connectivity index (χ2v) is 9.01. The van der Waals surface area contributed by atoms with Crippen molar-refractivity contribution in [2.75, 3.05) is 0 Å². The third-order valence-corrected chi connectivity index (χ3v) is 6.85. The molecule has 1 fully saturated rings. The summed E-state index contributed by atoms with van der Waals surface area (Å²) in [5.41, 5.74) is 2.47. The van der Waals surface area contributed by atoms with Crippen molar-refractivity contribution < 1.29 is 17.3 Å². The molecule has 1 aliphatic rings. The number of nitrogens with zero attached hydrogens (tertiary/aromatic N) is 3. The van der Waals surface area contributed by atoms with Crippen LogP contribution in [0.2, 0.25) is 0 Å². The third-order valence-electron chi connectivity index (χ3n) is 5.29. The average Bonchev–Trinajstić information content (AvgIpc) is 3.36. The number of aromatic nitrogens is 3. The largest absolute Gasteiger partial charge is 0.347 e. The molecule has 2 aromatic heterocycles. The van der Waals surface area contributed by atoms with E-state index in [0.717, 1.165) is 18.5 Å². The van der Waals surface area contributed by atoms with E-state index in [0.29, 0.717) is 35.1 Å². The minimum atomic E-state index is -3.88. The molecule has 0 unspecified atom stereocenters. The number of rotatable bonds is 7. The van der Waals surface area contributed by atoms with Gasteiger partial charge >= 0.3 is 0 Å². The molecule has 2 heterocycles. The summed E-state index contributed by atoms with van der Waals surface area (Å²) in [4.78, 5) is 4.61. The SMILES string of the molecule is CCn1c(C)c(-c2nc(C3CC3)no2)c(S(=O)(=O)NCc2ccc(F)cc2)c1C. The fraction of sp³-hybridized carbons (Fsp3) is 0.400. The second kappa shape index (κ2) is 7.38. The molecule has 0 amide bonds. The maximum absolute atomic E-state index is 13.2. The van der Waals surface area contributed by atoms with Crippen molar-refractivity contribution >= 4 is 10.0 Å². The van der Waals surface area contributed by atoms with E-state index in [2.05, 4.69) is 14.9 Å². The summed E-state index contributed by atoms with van der Waals surface area (Å²) in [5.74, 6) is 0.790. The molecule has 0 spiro atoms. The van der Waals surface area contributed by atoms with Crippen LogP contribution in [0.4, 0.5) is 4.39 Å². The lowest BCUT2D eigenvalue weighted by atomic mass is 10.2. The number of benzene rings is 1. The Morgan fingerprint density at radius 1 is 1.21 bits per heavy atom. The van der Waals surface area contributed by atoms with Gasteiger partial charge < -0.3 is 9.09 Å². The maximum atomic E-state index is 13.2. The van der Waals surface area contributed by atoms with Crippen LogP contribution in [-0.4, -0.2) is 23.1 Å². The van der Waals surface area contributed by atoms with Crippen LogP contribution in [-0.2, 0) is 23.1 Å². The van der Waals surface area contributed by atoms with Gasteiger partial charge in [-0.25, -0.2) is 17.5 Å². The van der Waals surface area contributed by atoms with Crippen LogP contribution in [0.1, 0.15) is 48.5 Å². The van der Waals surface area contributed by atoms with E-state index in [-0.39, 0.29) is 23.1 Å². The van der Waals surface area contributed by atoms with Gasteiger partial charge in [0, 0.05) is 30.4 Å². The minimum Gasteiger partial charge on any atom is -0.347 e. The maximum Gasteiger partial charge on any atom is 0.261 e. The summed E-state index contributed by atoms with van der Waals surface area (Å²) < 4.78 is 49.6. The van der Waals surface area contributed by atoms with Crippen LogP contribution in [0.5, 0.6) is 0 Å². The smallest absolute Gasteiger partial charge is 0.261 e. The molecular formula is C20H23FN4O3S. The van der Waals surface area contributed by atoms with Crippen LogP contribution < -0.4 is 4.72 Å². The minimum absolute atomic E-state index is 0.0506. The number of halogens is 1. The van der Waals surface area contributed by atoms with Crippen LogP contribution in [0.25, 0.3) is 11.5 Å². The first-order chi connectivity index (χ1) is 13.8. The Labute approximate surface area is 169 Å². The van der Waals surface area contributed by atoms with E-state index in [4.69, 9.17) is 4.52 Å². The lowest BCUT2D eigenvalue weighted by Gasteiger charge is -2.09. The quantitative estimate of drug-likeness (QED) is 0.632. The molecule has 3 aromatic rings. The summed E-state index contributed by atoms with van der Waals surface area (Å²) in [6, 6.07) is 5.70. The van der Waals surface area contributed by atoms with Gasteiger partial charge in [0.1, 0.15) is 10.7 Å². The van der Waals surface area contributed by atoms with Gasteiger partial charge in [-0.1, -0.05) is 17.3 Å². The van der Waals surface area contributed by atoms with Crippen molar-refractivity contribution in [3.8, 4) is 11.5 Å². The van der Waals surface area contributed by atoms with E-state index in [1.807, 2.05) is 18.4 Å². The van der Waals surface area contributed by atoms with E-state index in [1.54, 1.807) is 19.1 Å². The average molecular weight is 418 g/mol. The van der Waals surface area contributed by atoms with E-state index in [9.17, 15) is 12.8 Å². The molecule has 4 rings (SSSR count). The van der Waals surface area contributed by atoms with Gasteiger partial charge in [0.25, 0.3) is 5.89 Å². The zero-order valence-electron chi connectivity index (χ0n) is 16.6. The van der Waals surface area contributed by atoms with E-state index in [1.165, 1.54) is 12.1 Å². The van der Waals surface area contributed by atoms with Gasteiger partial charge in [-0.05, 0) is 51.3 Å². The predicted molar refractivity (Wildman–Crippen MR) is 105 cm³/mol. The molecule has 0 aliphatic heterocycles. The van der Waals surface area contributed by atoms with E-state index < -0.39 is 10.0 Å². The molecule has 0 saturated heterocycles. The zero-order valence-corrected chi connectivity index (χ0v) is 17.4. The molecule has 1 saturated carbocycles. The Balaban J connectivity index is 1.73. The molecule has 9 heteroatoms. The molecule has 1 aliphatic carbocycles. The zero-order chi connectivity index (χ0) is 20.8. The topological polar surface area (TPSA) is 90.0 Å². The number of nitrogens with one attached hydrogen (secondary N) is 1. The van der Waals surface area contributed by atoms with Gasteiger partial charge in [0.2, 0.25) is 10.0 Å². The number of hydrogen-bond donors (Lipinski definition) is 1. The molecule has 1 aromatic carbocycles. The van der Waals surface area contributed by atoms with Gasteiger partial charge in [-0.2, -0.15) is 4.98 Å². The highest BCUT2D eigenvalue weighted by Crippen LogP contribution is 2.40. The highest BCUT2D eigenvalue weighted by Gasteiger charge is 2.34. The first-order valence-electron chi connectivity index (χ1n) is 9.59. The summed E-state index contributed by atoms with van der Waals surface area (Å²) in [6.45, 7) is 6.24. The standard InChI is InChI=1S/C20H23FN4O3S/c1-4-25-12(2)17(20-23-19(24-28-20)15-7-8-15)18(13(25)3)29(26,27)22-11-14-5-9-16(21)10-6-14/h5-6,9-10,15,22H,4,7-8,11H2,1-3H3. The second-order valence-electron chi connectivity index (χ2n) is 7.30.